The Bertz CT molecular complexity index is 1070. The van der Waals surface area contributed by atoms with Crippen LogP contribution in [0.2, 0.25) is 0 Å². The van der Waals surface area contributed by atoms with Crippen LogP contribution in [0.15, 0.2) is 48.5 Å². The summed E-state index contributed by atoms with van der Waals surface area (Å²) in [7, 11) is 4.31. The molecule has 2 heterocycles. The Balaban J connectivity index is 1.80. The van der Waals surface area contributed by atoms with Gasteiger partial charge in [0.1, 0.15) is 11.5 Å². The zero-order chi connectivity index (χ0) is 24.7. The molecule has 0 aliphatic carbocycles. The molecule has 2 aliphatic rings. The Morgan fingerprint density at radius 1 is 0.912 bits per heavy atom. The topological polar surface area (TPSA) is 110 Å². The van der Waals surface area contributed by atoms with Crippen molar-refractivity contribution in [2.24, 2.45) is 5.92 Å². The molecule has 1 N–H and O–H groups in total. The summed E-state index contributed by atoms with van der Waals surface area (Å²) < 4.78 is 33.5. The van der Waals surface area contributed by atoms with Crippen molar-refractivity contribution < 1.29 is 43.1 Å². The molecule has 0 bridgehead atoms. The number of ether oxygens (including phenoxy) is 6. The molecule has 0 saturated carbocycles. The normalized spacial score (nSPS) is 31.8. The van der Waals surface area contributed by atoms with E-state index >= 15 is 0 Å². The van der Waals surface area contributed by atoms with Crippen LogP contribution < -0.4 is 9.47 Å². The first kappa shape index (κ1) is 24.2. The van der Waals surface area contributed by atoms with Gasteiger partial charge in [-0.3, -0.25) is 4.79 Å². The van der Waals surface area contributed by atoms with Crippen LogP contribution in [-0.2, 0) is 28.5 Å². The van der Waals surface area contributed by atoms with Crippen molar-refractivity contribution in [1.82, 2.24) is 0 Å². The van der Waals surface area contributed by atoms with Crippen LogP contribution in [0.4, 0.5) is 0 Å². The number of para-hydroxylation sites is 1. The maximum absolute atomic E-state index is 13.2. The summed E-state index contributed by atoms with van der Waals surface area (Å²) in [6.07, 6.45) is -2.60. The van der Waals surface area contributed by atoms with Gasteiger partial charge in [-0.25, -0.2) is 4.79 Å². The summed E-state index contributed by atoms with van der Waals surface area (Å²) in [6.45, 7) is 3.11. The van der Waals surface area contributed by atoms with Gasteiger partial charge in [0.15, 0.2) is 6.10 Å². The van der Waals surface area contributed by atoms with Gasteiger partial charge < -0.3 is 33.5 Å². The lowest BCUT2D eigenvalue weighted by Crippen LogP contribution is -2.65. The second kappa shape index (κ2) is 8.99. The first-order valence-electron chi connectivity index (χ1n) is 10.8. The van der Waals surface area contributed by atoms with E-state index in [1.807, 2.05) is 0 Å². The smallest absolute Gasteiger partial charge is 0.338 e. The Morgan fingerprint density at radius 3 is 2.18 bits per heavy atom. The van der Waals surface area contributed by atoms with Crippen molar-refractivity contribution in [2.45, 2.75) is 43.5 Å². The van der Waals surface area contributed by atoms with Gasteiger partial charge >= 0.3 is 11.9 Å². The Kier molecular flexibility index (Phi) is 6.39. The first-order chi connectivity index (χ1) is 16.2. The van der Waals surface area contributed by atoms with Crippen LogP contribution in [0.5, 0.6) is 11.5 Å². The lowest BCUT2D eigenvalue weighted by Gasteiger charge is -2.50. The van der Waals surface area contributed by atoms with Gasteiger partial charge in [0.25, 0.3) is 5.79 Å². The molecule has 182 valence electrons. The van der Waals surface area contributed by atoms with Crippen LogP contribution in [0.3, 0.4) is 0 Å². The molecular formula is C25H28O9. The molecule has 2 aromatic carbocycles. The van der Waals surface area contributed by atoms with E-state index in [2.05, 4.69) is 0 Å². The predicted molar refractivity (Wildman–Crippen MR) is 118 cm³/mol. The number of cyclic esters (lactones) is 1. The maximum atomic E-state index is 13.2. The van der Waals surface area contributed by atoms with Gasteiger partial charge in [-0.05, 0) is 30.7 Å². The van der Waals surface area contributed by atoms with Gasteiger partial charge in [0.2, 0.25) is 5.79 Å². The van der Waals surface area contributed by atoms with Crippen LogP contribution in [0.25, 0.3) is 0 Å². The van der Waals surface area contributed by atoms with E-state index < -0.39 is 47.6 Å². The number of benzene rings is 2. The van der Waals surface area contributed by atoms with Crippen molar-refractivity contribution in [1.29, 1.82) is 0 Å². The number of aliphatic hydroxyl groups is 1. The minimum atomic E-state index is -1.53. The summed E-state index contributed by atoms with van der Waals surface area (Å²) >= 11 is 0. The minimum absolute atomic E-state index is 0.284. The molecular weight excluding hydrogens is 444 g/mol. The largest absolute Gasteiger partial charge is 0.497 e. The average Bonchev–Trinajstić information content (AvgIpc) is 2.85. The molecule has 2 aromatic rings. The number of fused-ring (bicyclic) bond motifs is 1. The molecule has 6 atom stereocenters. The number of carbonyl (C=O) groups excluding carboxylic acids is 2. The fourth-order valence-corrected chi connectivity index (χ4v) is 4.47. The van der Waals surface area contributed by atoms with E-state index in [0.29, 0.717) is 16.9 Å². The van der Waals surface area contributed by atoms with Gasteiger partial charge in [-0.1, -0.05) is 30.3 Å². The predicted octanol–water partition coefficient (Wildman–Crippen LogP) is 2.71. The molecule has 2 aliphatic heterocycles. The van der Waals surface area contributed by atoms with Crippen molar-refractivity contribution in [3.63, 3.8) is 0 Å². The lowest BCUT2D eigenvalue weighted by atomic mass is 9.74. The molecule has 34 heavy (non-hydrogen) atoms. The third-order valence-corrected chi connectivity index (χ3v) is 6.75. The number of hydrogen-bond acceptors (Lipinski definition) is 9. The van der Waals surface area contributed by atoms with Gasteiger partial charge in [-0.2, -0.15) is 0 Å². The highest BCUT2D eigenvalue weighted by Crippen LogP contribution is 2.49. The third-order valence-electron chi connectivity index (χ3n) is 6.75. The molecule has 0 unspecified atom stereocenters. The molecule has 0 radical (unpaired) electrons. The number of rotatable bonds is 6. The van der Waals surface area contributed by atoms with Crippen LogP contribution in [0, 0.1) is 5.92 Å². The summed E-state index contributed by atoms with van der Waals surface area (Å²) in [5.74, 6) is -5.70. The lowest BCUT2D eigenvalue weighted by molar-refractivity contribution is -0.408. The van der Waals surface area contributed by atoms with Crippen LogP contribution in [0.1, 0.15) is 37.0 Å². The fourth-order valence-electron chi connectivity index (χ4n) is 4.47. The van der Waals surface area contributed by atoms with Crippen molar-refractivity contribution in [2.75, 3.05) is 21.3 Å². The minimum Gasteiger partial charge on any atom is -0.497 e. The SMILES string of the molecule is COc1ccc([C@@H](O)[C@H]2C(=O)Oc3ccccc3[C@@H]2[C@H]2O[C@](C)(OC)[C@@](C)(OC)OC2=O)cc1. The molecule has 9 heteroatoms. The maximum Gasteiger partial charge on any atom is 0.338 e. The first-order valence-corrected chi connectivity index (χ1v) is 10.8. The Morgan fingerprint density at radius 2 is 1.56 bits per heavy atom. The number of hydrogen-bond donors (Lipinski definition) is 1. The van der Waals surface area contributed by atoms with E-state index in [9.17, 15) is 14.7 Å². The number of esters is 2. The molecule has 4 rings (SSSR count). The van der Waals surface area contributed by atoms with Gasteiger partial charge in [0, 0.05) is 32.6 Å². The van der Waals surface area contributed by atoms with E-state index in [1.54, 1.807) is 55.5 Å². The second-order valence-electron chi connectivity index (χ2n) is 8.49. The summed E-state index contributed by atoms with van der Waals surface area (Å²) in [5, 5.41) is 11.3. The van der Waals surface area contributed by atoms with Crippen LogP contribution >= 0.6 is 0 Å². The molecule has 0 amide bonds. The highest BCUT2D eigenvalue weighted by Gasteiger charge is 2.61. The zero-order valence-electron chi connectivity index (χ0n) is 19.6. The molecule has 0 spiro atoms. The van der Waals surface area contributed by atoms with E-state index in [1.165, 1.54) is 28.3 Å². The quantitative estimate of drug-likeness (QED) is 0.501. The standard InChI is InChI=1S/C25H28O9/c1-24(30-4)25(2,31-5)34-23(28)21(33-24)18-16-8-6-7-9-17(16)32-22(27)19(18)20(26)14-10-12-15(29-3)13-11-14/h6-13,18-21,26H,1-5H3/t18-,19-,20+,21+,24-,25-/m0/s1. The highest BCUT2D eigenvalue weighted by atomic mass is 16.8. The number of methoxy groups -OCH3 is 3. The monoisotopic (exact) mass is 472 g/mol. The summed E-state index contributed by atoms with van der Waals surface area (Å²) in [5.41, 5.74) is 0.980. The fraction of sp³-hybridized carbons (Fsp3) is 0.440. The van der Waals surface area contributed by atoms with E-state index in [-0.39, 0.29) is 5.75 Å². The highest BCUT2D eigenvalue weighted by molar-refractivity contribution is 5.84. The molecule has 1 saturated heterocycles. The summed E-state index contributed by atoms with van der Waals surface area (Å²) in [6, 6.07) is 13.5. The Hall–Kier alpha value is -2.98. The summed E-state index contributed by atoms with van der Waals surface area (Å²) in [4.78, 5) is 26.4. The van der Waals surface area contributed by atoms with Gasteiger partial charge in [-0.15, -0.1) is 0 Å². The number of carbonyl (C=O) groups is 2. The van der Waals surface area contributed by atoms with Crippen molar-refractivity contribution in [3.05, 3.63) is 59.7 Å². The Labute approximate surface area is 197 Å². The molecule has 1 fully saturated rings. The van der Waals surface area contributed by atoms with Crippen LogP contribution in [-0.4, -0.2) is 56.1 Å². The van der Waals surface area contributed by atoms with Gasteiger partial charge in [0.05, 0.1) is 19.1 Å². The van der Waals surface area contributed by atoms with E-state index in [4.69, 9.17) is 28.4 Å². The molecule has 0 aromatic heterocycles. The van der Waals surface area contributed by atoms with E-state index in [0.717, 1.165) is 0 Å². The molecule has 9 nitrogen and oxygen atoms in total. The average molecular weight is 472 g/mol. The van der Waals surface area contributed by atoms with Crippen molar-refractivity contribution >= 4 is 11.9 Å². The number of aliphatic hydroxyl groups excluding tert-OH is 1. The van der Waals surface area contributed by atoms with Crippen molar-refractivity contribution in [3.8, 4) is 11.5 Å². The zero-order valence-corrected chi connectivity index (χ0v) is 19.6. The second-order valence-corrected chi connectivity index (χ2v) is 8.49. The third kappa shape index (κ3) is 3.84.